The van der Waals surface area contributed by atoms with E-state index >= 15 is 0 Å². The van der Waals surface area contributed by atoms with Crippen molar-refractivity contribution in [2.75, 3.05) is 19.0 Å². The normalized spacial score (nSPS) is 10.1. The summed E-state index contributed by atoms with van der Waals surface area (Å²) in [6, 6.07) is 15.0. The molecule has 2 aromatic carbocycles. The molecule has 0 aliphatic heterocycles. The van der Waals surface area contributed by atoms with Crippen LogP contribution in [0.1, 0.15) is 23.0 Å². The summed E-state index contributed by atoms with van der Waals surface area (Å²) in [5.74, 6) is 0.435. The fraction of sp³-hybridized carbons (Fsp3) is 0.200. The van der Waals surface area contributed by atoms with Crippen molar-refractivity contribution >= 4 is 40.7 Å². The van der Waals surface area contributed by atoms with Gasteiger partial charge in [-0.05, 0) is 50.2 Å². The van der Waals surface area contributed by atoms with Crippen molar-refractivity contribution in [2.24, 2.45) is 0 Å². The Morgan fingerprint density at radius 2 is 1.96 bits per heavy atom. The monoisotopic (exact) mass is 372 g/mol. The third kappa shape index (κ3) is 4.24. The number of ether oxygens (including phenoxy) is 2. The van der Waals surface area contributed by atoms with Crippen LogP contribution in [0, 0.1) is 6.92 Å². The minimum atomic E-state index is -0.336. The largest absolute Gasteiger partial charge is 0.497 e. The zero-order valence-electron chi connectivity index (χ0n) is 14.9. The van der Waals surface area contributed by atoms with Crippen molar-refractivity contribution in [3.8, 4) is 5.75 Å². The van der Waals surface area contributed by atoms with Gasteiger partial charge in [-0.1, -0.05) is 6.07 Å². The van der Waals surface area contributed by atoms with E-state index < -0.39 is 0 Å². The summed E-state index contributed by atoms with van der Waals surface area (Å²) < 4.78 is 10.4. The number of rotatable bonds is 5. The molecular weight excluding hydrogens is 352 g/mol. The number of aryl methyl sites for hydroxylation is 1. The average Bonchev–Trinajstić information content (AvgIpc) is 2.61. The van der Waals surface area contributed by atoms with Gasteiger partial charge in [-0.2, -0.15) is 0 Å². The number of carbonyl (C=O) groups is 1. The highest BCUT2D eigenvalue weighted by atomic mass is 35.5. The number of hydrogen-bond donors (Lipinski definition) is 1. The van der Waals surface area contributed by atoms with Gasteiger partial charge in [-0.25, -0.2) is 4.79 Å². The van der Waals surface area contributed by atoms with Crippen LogP contribution in [-0.4, -0.2) is 24.7 Å². The predicted molar refractivity (Wildman–Crippen MR) is 106 cm³/mol. The molecule has 1 N–H and O–H groups in total. The zero-order chi connectivity index (χ0) is 17.8. The van der Waals surface area contributed by atoms with Crippen LogP contribution in [0.5, 0.6) is 5.75 Å². The summed E-state index contributed by atoms with van der Waals surface area (Å²) in [5.41, 5.74) is 3.99. The van der Waals surface area contributed by atoms with Gasteiger partial charge in [0.15, 0.2) is 0 Å². The minimum absolute atomic E-state index is 0. The molecule has 3 aromatic rings. The van der Waals surface area contributed by atoms with Crippen molar-refractivity contribution in [3.05, 3.63) is 59.8 Å². The Bertz CT molecular complexity index is 928. The average molecular weight is 373 g/mol. The van der Waals surface area contributed by atoms with E-state index in [2.05, 4.69) is 10.3 Å². The van der Waals surface area contributed by atoms with E-state index in [9.17, 15) is 4.79 Å². The number of pyridine rings is 1. The second kappa shape index (κ2) is 8.54. The molecule has 1 aromatic heterocycles. The van der Waals surface area contributed by atoms with E-state index in [0.717, 1.165) is 33.7 Å². The lowest BCUT2D eigenvalue weighted by Gasteiger charge is -2.12. The van der Waals surface area contributed by atoms with Crippen LogP contribution >= 0.6 is 12.4 Å². The zero-order valence-corrected chi connectivity index (χ0v) is 15.7. The van der Waals surface area contributed by atoms with E-state index in [0.29, 0.717) is 12.2 Å². The quantitative estimate of drug-likeness (QED) is 0.646. The first kappa shape index (κ1) is 19.5. The number of nitrogens with zero attached hydrogens (tertiary/aromatic N) is 1. The van der Waals surface area contributed by atoms with Crippen LogP contribution < -0.4 is 10.1 Å². The van der Waals surface area contributed by atoms with Crippen molar-refractivity contribution in [1.29, 1.82) is 0 Å². The summed E-state index contributed by atoms with van der Waals surface area (Å²) in [6.45, 7) is 4.08. The number of fused-ring (bicyclic) bond motifs is 1. The standard InChI is InChI=1S/C20H20N2O3.ClH/c1-4-25-20(23)14-8-9-18-17(11-14)19(10-13(2)21-18)22-15-6-5-7-16(12-15)24-3;/h5-12H,4H2,1-3H3,(H,21,22);1H. The van der Waals surface area contributed by atoms with Crippen LogP contribution in [0.25, 0.3) is 10.9 Å². The molecule has 5 nitrogen and oxygen atoms in total. The highest BCUT2D eigenvalue weighted by molar-refractivity contribution is 5.99. The second-order valence-electron chi connectivity index (χ2n) is 5.62. The lowest BCUT2D eigenvalue weighted by Crippen LogP contribution is -2.05. The Labute approximate surface area is 158 Å². The Balaban J connectivity index is 0.00000243. The van der Waals surface area contributed by atoms with Crippen LogP contribution in [0.15, 0.2) is 48.5 Å². The van der Waals surface area contributed by atoms with Crippen molar-refractivity contribution in [2.45, 2.75) is 13.8 Å². The first-order chi connectivity index (χ1) is 12.1. The lowest BCUT2D eigenvalue weighted by atomic mass is 10.1. The number of methoxy groups -OCH3 is 1. The molecule has 0 saturated heterocycles. The van der Waals surface area contributed by atoms with Crippen molar-refractivity contribution in [1.82, 2.24) is 4.98 Å². The van der Waals surface area contributed by atoms with Gasteiger partial charge >= 0.3 is 5.97 Å². The van der Waals surface area contributed by atoms with Gasteiger partial charge in [0.05, 0.1) is 24.8 Å². The number of benzene rings is 2. The topological polar surface area (TPSA) is 60.5 Å². The summed E-state index contributed by atoms with van der Waals surface area (Å²) in [4.78, 5) is 16.6. The fourth-order valence-corrected chi connectivity index (χ4v) is 2.66. The van der Waals surface area contributed by atoms with Gasteiger partial charge in [0.25, 0.3) is 0 Å². The Kier molecular flexibility index (Phi) is 6.41. The minimum Gasteiger partial charge on any atom is -0.497 e. The number of anilines is 2. The smallest absolute Gasteiger partial charge is 0.338 e. The molecule has 6 heteroatoms. The molecule has 0 bridgehead atoms. The van der Waals surface area contributed by atoms with Gasteiger partial charge in [-0.15, -0.1) is 12.4 Å². The van der Waals surface area contributed by atoms with E-state index in [1.54, 1.807) is 20.1 Å². The maximum absolute atomic E-state index is 12.0. The van der Waals surface area contributed by atoms with Gasteiger partial charge in [0.2, 0.25) is 0 Å². The van der Waals surface area contributed by atoms with Gasteiger partial charge in [0.1, 0.15) is 5.75 Å². The molecular formula is C20H21ClN2O3. The molecule has 0 aliphatic rings. The molecule has 1 heterocycles. The SMILES string of the molecule is CCOC(=O)c1ccc2nc(C)cc(Nc3cccc(OC)c3)c2c1.Cl. The highest BCUT2D eigenvalue weighted by Crippen LogP contribution is 2.29. The van der Waals surface area contributed by atoms with Gasteiger partial charge < -0.3 is 14.8 Å². The maximum Gasteiger partial charge on any atom is 0.338 e. The lowest BCUT2D eigenvalue weighted by molar-refractivity contribution is 0.0526. The van der Waals surface area contributed by atoms with Crippen LogP contribution in [0.2, 0.25) is 0 Å². The molecule has 0 unspecified atom stereocenters. The summed E-state index contributed by atoms with van der Waals surface area (Å²) in [5, 5.41) is 4.25. The molecule has 3 rings (SSSR count). The Morgan fingerprint density at radius 3 is 2.69 bits per heavy atom. The summed E-state index contributed by atoms with van der Waals surface area (Å²) in [7, 11) is 1.64. The molecule has 0 aliphatic carbocycles. The number of halogens is 1. The predicted octanol–water partition coefficient (Wildman–Crippen LogP) is 4.89. The molecule has 0 atom stereocenters. The van der Waals surface area contributed by atoms with Crippen LogP contribution in [0.3, 0.4) is 0 Å². The Hall–Kier alpha value is -2.79. The first-order valence-corrected chi connectivity index (χ1v) is 8.10. The summed E-state index contributed by atoms with van der Waals surface area (Å²) in [6.07, 6.45) is 0. The number of carbonyl (C=O) groups excluding carboxylic acids is 1. The number of hydrogen-bond acceptors (Lipinski definition) is 5. The van der Waals surface area contributed by atoms with Crippen LogP contribution in [-0.2, 0) is 4.74 Å². The second-order valence-corrected chi connectivity index (χ2v) is 5.62. The van der Waals surface area contributed by atoms with Gasteiger partial charge in [0, 0.05) is 28.5 Å². The van der Waals surface area contributed by atoms with E-state index in [4.69, 9.17) is 9.47 Å². The van der Waals surface area contributed by atoms with E-state index in [1.807, 2.05) is 49.4 Å². The Morgan fingerprint density at radius 1 is 1.15 bits per heavy atom. The van der Waals surface area contributed by atoms with Gasteiger partial charge in [-0.3, -0.25) is 4.98 Å². The van der Waals surface area contributed by atoms with Crippen molar-refractivity contribution < 1.29 is 14.3 Å². The first-order valence-electron chi connectivity index (χ1n) is 8.10. The molecule has 0 saturated carbocycles. The third-order valence-corrected chi connectivity index (χ3v) is 3.80. The van der Waals surface area contributed by atoms with Crippen LogP contribution in [0.4, 0.5) is 11.4 Å². The molecule has 136 valence electrons. The molecule has 0 spiro atoms. The number of esters is 1. The highest BCUT2D eigenvalue weighted by Gasteiger charge is 2.11. The molecule has 0 radical (unpaired) electrons. The van der Waals surface area contributed by atoms with E-state index in [-0.39, 0.29) is 18.4 Å². The molecule has 0 fully saturated rings. The van der Waals surface area contributed by atoms with E-state index in [1.165, 1.54) is 0 Å². The maximum atomic E-state index is 12.0. The fourth-order valence-electron chi connectivity index (χ4n) is 2.66. The number of aromatic nitrogens is 1. The molecule has 26 heavy (non-hydrogen) atoms. The van der Waals surface area contributed by atoms with Crippen molar-refractivity contribution in [3.63, 3.8) is 0 Å². The summed E-state index contributed by atoms with van der Waals surface area (Å²) >= 11 is 0. The third-order valence-electron chi connectivity index (χ3n) is 3.80. The number of nitrogens with one attached hydrogen (secondary N) is 1. The molecule has 0 amide bonds.